The Bertz CT molecular complexity index is 945. The minimum Gasteiger partial charge on any atom is -0.320 e. The van der Waals surface area contributed by atoms with Gasteiger partial charge in [0.05, 0.1) is 12.1 Å². The zero-order valence-electron chi connectivity index (χ0n) is 18.0. The molecule has 3 rings (SSSR count). The molecule has 1 aromatic carbocycles. The lowest BCUT2D eigenvalue weighted by atomic mass is 10.0. The molecule has 0 aliphatic heterocycles. The highest BCUT2D eigenvalue weighted by atomic mass is 16.2. The van der Waals surface area contributed by atoms with Gasteiger partial charge < -0.3 is 11.1 Å². The Morgan fingerprint density at radius 2 is 1.97 bits per heavy atom. The zero-order valence-corrected chi connectivity index (χ0v) is 18.0. The molecule has 162 valence electrons. The summed E-state index contributed by atoms with van der Waals surface area (Å²) in [4.78, 5) is 31.6. The number of aromatic nitrogens is 1. The zero-order chi connectivity index (χ0) is 22.4. The van der Waals surface area contributed by atoms with Crippen molar-refractivity contribution in [3.05, 3.63) is 65.0 Å². The number of hydrogen-bond donors (Lipinski definition) is 2. The molecule has 1 saturated carbocycles. The van der Waals surface area contributed by atoms with Crippen LogP contribution in [0.1, 0.15) is 41.1 Å². The number of amides is 2. The number of nitrogens with one attached hydrogen (secondary N) is 1. The summed E-state index contributed by atoms with van der Waals surface area (Å²) in [6, 6.07) is 9.81. The number of benzene rings is 1. The monoisotopic (exact) mass is 419 g/mol. The van der Waals surface area contributed by atoms with E-state index in [-0.39, 0.29) is 6.54 Å². The highest BCUT2D eigenvalue weighted by Crippen LogP contribution is 2.29. The van der Waals surface area contributed by atoms with Crippen LogP contribution in [-0.4, -0.2) is 40.8 Å². The molecular weight excluding hydrogens is 390 g/mol. The number of hydrogen-bond acceptors (Lipinski definition) is 6. The molecule has 7 nitrogen and oxygen atoms in total. The van der Waals surface area contributed by atoms with Crippen LogP contribution in [0, 0.1) is 31.1 Å². The Kier molecular flexibility index (Phi) is 7.50. The third kappa shape index (κ3) is 6.20. The van der Waals surface area contributed by atoms with Crippen LogP contribution < -0.4 is 11.1 Å². The Labute approximate surface area is 183 Å². The minimum atomic E-state index is -0.920. The first-order valence-corrected chi connectivity index (χ1v) is 10.6. The molecule has 0 saturated heterocycles. The molecule has 0 radical (unpaired) electrons. The topological polar surface area (TPSA) is 112 Å². The molecule has 1 aromatic heterocycles. The summed E-state index contributed by atoms with van der Waals surface area (Å²) in [5.41, 5.74) is 9.96. The second-order valence-corrected chi connectivity index (χ2v) is 8.30. The summed E-state index contributed by atoms with van der Waals surface area (Å²) >= 11 is 0. The predicted octanol–water partition coefficient (Wildman–Crippen LogP) is 2.19. The van der Waals surface area contributed by atoms with Gasteiger partial charge in [-0.25, -0.2) is 0 Å². The third-order valence-corrected chi connectivity index (χ3v) is 5.39. The Morgan fingerprint density at radius 3 is 2.55 bits per heavy atom. The summed E-state index contributed by atoms with van der Waals surface area (Å²) < 4.78 is 0. The second kappa shape index (κ2) is 10.3. The molecule has 0 bridgehead atoms. The van der Waals surface area contributed by atoms with Crippen molar-refractivity contribution >= 4 is 11.8 Å². The van der Waals surface area contributed by atoms with Gasteiger partial charge in [0, 0.05) is 12.4 Å². The number of rotatable bonds is 9. The quantitative estimate of drug-likeness (QED) is 0.603. The van der Waals surface area contributed by atoms with Crippen LogP contribution >= 0.6 is 0 Å². The van der Waals surface area contributed by atoms with Crippen LogP contribution in [0.4, 0.5) is 0 Å². The molecule has 2 atom stereocenters. The van der Waals surface area contributed by atoms with Gasteiger partial charge in [-0.2, -0.15) is 5.26 Å². The lowest BCUT2D eigenvalue weighted by molar-refractivity contribution is -0.146. The van der Waals surface area contributed by atoms with E-state index >= 15 is 0 Å². The van der Waals surface area contributed by atoms with Crippen molar-refractivity contribution in [2.75, 3.05) is 13.1 Å². The Hall–Kier alpha value is -3.08. The Balaban J connectivity index is 1.79. The molecule has 2 amide bonds. The molecule has 1 aliphatic rings. The van der Waals surface area contributed by atoms with E-state index in [2.05, 4.69) is 10.3 Å². The van der Waals surface area contributed by atoms with E-state index in [4.69, 9.17) is 5.73 Å². The average Bonchev–Trinajstić information content (AvgIpc) is 3.56. The molecule has 2 aromatic rings. The van der Waals surface area contributed by atoms with Gasteiger partial charge in [-0.05, 0) is 62.8 Å². The van der Waals surface area contributed by atoms with E-state index < -0.39 is 23.9 Å². The number of aryl methyl sites for hydroxylation is 2. The molecule has 7 heteroatoms. The van der Waals surface area contributed by atoms with E-state index in [1.54, 1.807) is 24.5 Å². The molecule has 3 N–H and O–H groups in total. The van der Waals surface area contributed by atoms with Gasteiger partial charge in [-0.15, -0.1) is 0 Å². The third-order valence-electron chi connectivity index (χ3n) is 5.39. The predicted molar refractivity (Wildman–Crippen MR) is 118 cm³/mol. The van der Waals surface area contributed by atoms with Gasteiger partial charge in [0.15, 0.2) is 0 Å². The normalized spacial score (nSPS) is 15.0. The summed E-state index contributed by atoms with van der Waals surface area (Å²) in [5, 5.41) is 12.6. The number of imide groups is 1. The highest BCUT2D eigenvalue weighted by molar-refractivity contribution is 6.00. The van der Waals surface area contributed by atoms with Crippen LogP contribution in [0.25, 0.3) is 0 Å². The van der Waals surface area contributed by atoms with Crippen molar-refractivity contribution in [2.45, 2.75) is 45.2 Å². The van der Waals surface area contributed by atoms with E-state index in [9.17, 15) is 14.9 Å². The SMILES string of the molecule is Cc1cc(C)cc(C[C@H](N)C(=O)N(CC#N)C(=O)C(NCC2CC2)c2cccnc2)c1. The van der Waals surface area contributed by atoms with Gasteiger partial charge in [0.25, 0.3) is 5.91 Å². The number of nitriles is 1. The maximum atomic E-state index is 13.4. The molecule has 1 fully saturated rings. The maximum Gasteiger partial charge on any atom is 0.251 e. The lowest BCUT2D eigenvalue weighted by Crippen LogP contribution is -2.51. The van der Waals surface area contributed by atoms with E-state index in [0.29, 0.717) is 24.4 Å². The van der Waals surface area contributed by atoms with Crippen LogP contribution in [0.2, 0.25) is 0 Å². The molecular formula is C24H29N5O2. The van der Waals surface area contributed by atoms with Crippen LogP contribution in [0.5, 0.6) is 0 Å². The van der Waals surface area contributed by atoms with Gasteiger partial charge in [-0.3, -0.25) is 19.5 Å². The van der Waals surface area contributed by atoms with Crippen molar-refractivity contribution in [3.8, 4) is 6.07 Å². The number of nitrogens with two attached hydrogens (primary N) is 1. The second-order valence-electron chi connectivity index (χ2n) is 8.30. The first kappa shape index (κ1) is 22.6. The fourth-order valence-corrected chi connectivity index (χ4v) is 3.72. The largest absolute Gasteiger partial charge is 0.320 e. The molecule has 31 heavy (non-hydrogen) atoms. The van der Waals surface area contributed by atoms with E-state index in [0.717, 1.165) is 34.4 Å². The number of carbonyl (C=O) groups is 2. The standard InChI is InChI=1S/C24H29N5O2/c1-16-10-17(2)12-19(11-16)13-21(26)23(30)29(9-7-25)24(31)22(28-14-18-5-6-18)20-4-3-8-27-15-20/h3-4,8,10-12,15,18,21-22,28H,5-6,9,13-14,26H2,1-2H3/t21-,22?/m0/s1. The van der Waals surface area contributed by atoms with Crippen LogP contribution in [-0.2, 0) is 16.0 Å². The lowest BCUT2D eigenvalue weighted by Gasteiger charge is -2.27. The van der Waals surface area contributed by atoms with Crippen molar-refractivity contribution in [1.29, 1.82) is 5.26 Å². The Morgan fingerprint density at radius 1 is 1.26 bits per heavy atom. The summed E-state index contributed by atoms with van der Waals surface area (Å²) in [6.07, 6.45) is 5.78. The first-order valence-electron chi connectivity index (χ1n) is 10.6. The first-order chi connectivity index (χ1) is 14.9. The van der Waals surface area contributed by atoms with Crippen molar-refractivity contribution in [1.82, 2.24) is 15.2 Å². The maximum absolute atomic E-state index is 13.4. The van der Waals surface area contributed by atoms with Crippen LogP contribution in [0.3, 0.4) is 0 Å². The highest BCUT2D eigenvalue weighted by Gasteiger charge is 2.34. The van der Waals surface area contributed by atoms with Crippen LogP contribution in [0.15, 0.2) is 42.7 Å². The van der Waals surface area contributed by atoms with Crippen molar-refractivity contribution in [2.24, 2.45) is 11.7 Å². The minimum absolute atomic E-state index is 0.295. The summed E-state index contributed by atoms with van der Waals surface area (Å²) in [7, 11) is 0. The van der Waals surface area contributed by atoms with Gasteiger partial charge in [0.2, 0.25) is 5.91 Å². The van der Waals surface area contributed by atoms with Gasteiger partial charge in [0.1, 0.15) is 12.6 Å². The van der Waals surface area contributed by atoms with Gasteiger partial charge in [-0.1, -0.05) is 35.4 Å². The van der Waals surface area contributed by atoms with Gasteiger partial charge >= 0.3 is 0 Å². The fraction of sp³-hybridized carbons (Fsp3) is 0.417. The fourth-order valence-electron chi connectivity index (χ4n) is 3.72. The van der Waals surface area contributed by atoms with Crippen molar-refractivity contribution in [3.63, 3.8) is 0 Å². The van der Waals surface area contributed by atoms with E-state index in [1.165, 1.54) is 0 Å². The number of pyridine rings is 1. The summed E-state index contributed by atoms with van der Waals surface area (Å²) in [5.74, 6) is -0.484. The smallest absolute Gasteiger partial charge is 0.251 e. The average molecular weight is 420 g/mol. The summed E-state index contributed by atoms with van der Waals surface area (Å²) in [6.45, 7) is 4.30. The molecule has 0 spiro atoms. The van der Waals surface area contributed by atoms with E-state index in [1.807, 2.05) is 38.1 Å². The number of carbonyl (C=O) groups excluding carboxylic acids is 2. The molecule has 1 heterocycles. The molecule has 1 unspecified atom stereocenters. The van der Waals surface area contributed by atoms with Crippen molar-refractivity contribution < 1.29 is 9.59 Å². The number of nitrogens with zero attached hydrogens (tertiary/aromatic N) is 3. The molecule has 1 aliphatic carbocycles.